The van der Waals surface area contributed by atoms with Crippen molar-refractivity contribution in [2.45, 2.75) is 38.3 Å². The molecule has 2 aromatic rings. The highest BCUT2D eigenvalue weighted by atomic mass is 35.5. The van der Waals surface area contributed by atoms with Gasteiger partial charge in [0.05, 0.1) is 16.7 Å². The number of pyridine rings is 1. The first-order chi connectivity index (χ1) is 13.5. The average Bonchev–Trinajstić information content (AvgIpc) is 3.15. The molecule has 1 amide bonds. The summed E-state index contributed by atoms with van der Waals surface area (Å²) in [6.07, 6.45) is 4.58. The third-order valence-electron chi connectivity index (χ3n) is 5.24. The maximum atomic E-state index is 12.6. The highest BCUT2D eigenvalue weighted by Gasteiger charge is 2.28. The van der Waals surface area contributed by atoms with Crippen LogP contribution in [0.15, 0.2) is 42.6 Å². The van der Waals surface area contributed by atoms with Crippen LogP contribution in [0, 0.1) is 16.0 Å². The topological polar surface area (TPSA) is 123 Å². The van der Waals surface area contributed by atoms with Gasteiger partial charge in [0.1, 0.15) is 5.69 Å². The molecule has 1 saturated carbocycles. The SMILES string of the molecule is CC(Nc1ccc(C(=O)NC2CCCC2CN)cc1[N+](=O)[O-])c1ccccn1.Cl.Cl. The monoisotopic (exact) mass is 455 g/mol. The van der Waals surface area contributed by atoms with Gasteiger partial charge in [0.25, 0.3) is 11.6 Å². The number of nitrogens with one attached hydrogen (secondary N) is 2. The number of halogens is 2. The van der Waals surface area contributed by atoms with E-state index in [1.54, 1.807) is 18.3 Å². The first-order valence-electron chi connectivity index (χ1n) is 9.46. The van der Waals surface area contributed by atoms with Crippen LogP contribution in [0.3, 0.4) is 0 Å². The van der Waals surface area contributed by atoms with E-state index in [0.717, 1.165) is 25.0 Å². The second-order valence-corrected chi connectivity index (χ2v) is 7.12. The quantitative estimate of drug-likeness (QED) is 0.430. The van der Waals surface area contributed by atoms with Gasteiger partial charge in [-0.3, -0.25) is 19.9 Å². The van der Waals surface area contributed by atoms with Crippen LogP contribution in [0.2, 0.25) is 0 Å². The fraction of sp³-hybridized carbons (Fsp3) is 0.400. The Morgan fingerprint density at radius 1 is 1.30 bits per heavy atom. The molecule has 1 aliphatic rings. The van der Waals surface area contributed by atoms with E-state index in [0.29, 0.717) is 12.2 Å². The number of amides is 1. The number of hydrogen-bond acceptors (Lipinski definition) is 6. The maximum Gasteiger partial charge on any atom is 0.293 e. The summed E-state index contributed by atoms with van der Waals surface area (Å²) in [6.45, 7) is 2.40. The minimum atomic E-state index is -0.484. The molecule has 164 valence electrons. The molecule has 0 radical (unpaired) electrons. The third kappa shape index (κ3) is 6.04. The first kappa shape index (κ1) is 25.6. The van der Waals surface area contributed by atoms with Crippen molar-refractivity contribution in [1.82, 2.24) is 10.3 Å². The molecular formula is C20H27Cl2N5O3. The van der Waals surface area contributed by atoms with Crippen molar-refractivity contribution in [3.63, 3.8) is 0 Å². The highest BCUT2D eigenvalue weighted by molar-refractivity contribution is 5.96. The molecule has 1 aromatic carbocycles. The van der Waals surface area contributed by atoms with Crippen LogP contribution in [-0.4, -0.2) is 28.4 Å². The van der Waals surface area contributed by atoms with Crippen LogP contribution in [0.4, 0.5) is 11.4 Å². The molecule has 10 heteroatoms. The molecule has 30 heavy (non-hydrogen) atoms. The van der Waals surface area contributed by atoms with E-state index in [1.807, 2.05) is 25.1 Å². The van der Waals surface area contributed by atoms with Gasteiger partial charge in [0.2, 0.25) is 0 Å². The number of nitrogens with zero attached hydrogens (tertiary/aromatic N) is 2. The third-order valence-corrected chi connectivity index (χ3v) is 5.24. The van der Waals surface area contributed by atoms with Crippen molar-refractivity contribution >= 4 is 42.1 Å². The molecule has 1 aromatic heterocycles. The second kappa shape index (κ2) is 11.7. The molecule has 3 atom stereocenters. The number of hydrogen-bond donors (Lipinski definition) is 3. The predicted molar refractivity (Wildman–Crippen MR) is 122 cm³/mol. The predicted octanol–water partition coefficient (Wildman–Crippen LogP) is 3.86. The molecule has 0 aliphatic heterocycles. The van der Waals surface area contributed by atoms with Gasteiger partial charge in [0.15, 0.2) is 0 Å². The number of nitro benzene ring substituents is 1. The molecule has 8 nitrogen and oxygen atoms in total. The molecule has 0 bridgehead atoms. The van der Waals surface area contributed by atoms with E-state index in [2.05, 4.69) is 15.6 Å². The number of nitro groups is 1. The smallest absolute Gasteiger partial charge is 0.293 e. The molecular weight excluding hydrogens is 429 g/mol. The number of nitrogens with two attached hydrogens (primary N) is 1. The van der Waals surface area contributed by atoms with E-state index in [9.17, 15) is 14.9 Å². The fourth-order valence-corrected chi connectivity index (χ4v) is 3.65. The second-order valence-electron chi connectivity index (χ2n) is 7.12. The summed E-state index contributed by atoms with van der Waals surface area (Å²) in [6, 6.07) is 9.81. The van der Waals surface area contributed by atoms with E-state index in [1.165, 1.54) is 6.07 Å². The Hall–Kier alpha value is -2.42. The zero-order valence-corrected chi connectivity index (χ0v) is 18.2. The Labute approximate surface area is 188 Å². The Morgan fingerprint density at radius 3 is 2.70 bits per heavy atom. The lowest BCUT2D eigenvalue weighted by molar-refractivity contribution is -0.384. The van der Waals surface area contributed by atoms with E-state index >= 15 is 0 Å². The summed E-state index contributed by atoms with van der Waals surface area (Å²) in [4.78, 5) is 27.9. The van der Waals surface area contributed by atoms with Crippen molar-refractivity contribution < 1.29 is 9.72 Å². The van der Waals surface area contributed by atoms with Crippen LogP contribution in [-0.2, 0) is 0 Å². The summed E-state index contributed by atoms with van der Waals surface area (Å²) in [5, 5.41) is 17.6. The van der Waals surface area contributed by atoms with Gasteiger partial charge < -0.3 is 16.4 Å². The standard InChI is InChI=1S/C20H25N5O3.2ClH/c1-13(16-6-2-3-10-22-16)23-18-9-8-14(11-19(18)25(27)28)20(26)24-17-7-4-5-15(17)12-21;;/h2-3,6,8-11,13,15,17,23H,4-5,7,12,21H2,1H3,(H,24,26);2*1H. The summed E-state index contributed by atoms with van der Waals surface area (Å²) in [7, 11) is 0. The number of anilines is 1. The Balaban J connectivity index is 0.00000225. The zero-order chi connectivity index (χ0) is 20.1. The number of aromatic nitrogens is 1. The van der Waals surface area contributed by atoms with E-state index in [-0.39, 0.29) is 60.0 Å². The Morgan fingerprint density at radius 2 is 2.07 bits per heavy atom. The molecule has 1 aliphatic carbocycles. The molecule has 0 saturated heterocycles. The molecule has 4 N–H and O–H groups in total. The van der Waals surface area contributed by atoms with Gasteiger partial charge in [-0.25, -0.2) is 0 Å². The molecule has 3 unspecified atom stereocenters. The first-order valence-corrected chi connectivity index (χ1v) is 9.46. The van der Waals surface area contributed by atoms with E-state index in [4.69, 9.17) is 5.73 Å². The van der Waals surface area contributed by atoms with E-state index < -0.39 is 4.92 Å². The number of carbonyl (C=O) groups is 1. The average molecular weight is 456 g/mol. The van der Waals surface area contributed by atoms with Gasteiger partial charge >= 0.3 is 0 Å². The summed E-state index contributed by atoms with van der Waals surface area (Å²) >= 11 is 0. The Bertz CT molecular complexity index is 854. The van der Waals surface area contributed by atoms with Crippen molar-refractivity contribution in [2.75, 3.05) is 11.9 Å². The zero-order valence-electron chi connectivity index (χ0n) is 16.6. The van der Waals surface area contributed by atoms with Crippen molar-refractivity contribution in [3.05, 3.63) is 64.0 Å². The Kier molecular flexibility index (Phi) is 9.98. The van der Waals surface area contributed by atoms with Gasteiger partial charge in [-0.1, -0.05) is 12.5 Å². The normalized spacial score (nSPS) is 18.5. The lowest BCUT2D eigenvalue weighted by Gasteiger charge is -2.20. The summed E-state index contributed by atoms with van der Waals surface area (Å²) < 4.78 is 0. The van der Waals surface area contributed by atoms with Crippen LogP contribution in [0.5, 0.6) is 0 Å². The van der Waals surface area contributed by atoms with Crippen molar-refractivity contribution in [3.8, 4) is 0 Å². The molecule has 0 spiro atoms. The molecule has 1 fully saturated rings. The van der Waals surface area contributed by atoms with Crippen LogP contribution in [0.25, 0.3) is 0 Å². The summed E-state index contributed by atoms with van der Waals surface area (Å²) in [5.41, 5.74) is 7.01. The summed E-state index contributed by atoms with van der Waals surface area (Å²) in [5.74, 6) is -0.0446. The fourth-order valence-electron chi connectivity index (χ4n) is 3.65. The number of carbonyl (C=O) groups excluding carboxylic acids is 1. The van der Waals surface area contributed by atoms with Gasteiger partial charge in [-0.15, -0.1) is 24.8 Å². The largest absolute Gasteiger partial charge is 0.371 e. The van der Waals surface area contributed by atoms with Crippen LogP contribution in [0.1, 0.15) is 48.3 Å². The molecule has 1 heterocycles. The van der Waals surface area contributed by atoms with Crippen LogP contribution < -0.4 is 16.4 Å². The maximum absolute atomic E-state index is 12.6. The number of benzene rings is 1. The van der Waals surface area contributed by atoms with Crippen molar-refractivity contribution in [2.24, 2.45) is 11.7 Å². The van der Waals surface area contributed by atoms with Crippen molar-refractivity contribution in [1.29, 1.82) is 0 Å². The number of rotatable bonds is 7. The minimum absolute atomic E-state index is 0. The van der Waals surface area contributed by atoms with Gasteiger partial charge in [-0.2, -0.15) is 0 Å². The highest BCUT2D eigenvalue weighted by Crippen LogP contribution is 2.30. The molecule has 3 rings (SSSR count). The lowest BCUT2D eigenvalue weighted by Crippen LogP contribution is -2.39. The van der Waals surface area contributed by atoms with Gasteiger partial charge in [-0.05, 0) is 56.5 Å². The van der Waals surface area contributed by atoms with Gasteiger partial charge in [0, 0.05) is 23.9 Å². The lowest BCUT2D eigenvalue weighted by atomic mass is 10.0. The van der Waals surface area contributed by atoms with Crippen LogP contribution >= 0.6 is 24.8 Å². The minimum Gasteiger partial charge on any atom is -0.371 e.